The van der Waals surface area contributed by atoms with Gasteiger partial charge in [-0.3, -0.25) is 0 Å². The molecular weight excluding hydrogens is 627 g/mol. The topological polar surface area (TPSA) is 3.24 Å². The zero-order chi connectivity index (χ0) is 35.2. The molecule has 0 saturated carbocycles. The minimum Gasteiger partial charge on any atom is -0.310 e. The first-order valence-electron chi connectivity index (χ1n) is 18.1. The standard InChI is InChI=1S/C51H39N/c1-34-18-24-38(25-19-34)46-33-47(37-12-6-4-7-13-37)50-44-17-11-10-16-43(44)48-32-42(30-31-45(48)51(50)49(46)39-14-8-5-9-15-39)52(40-26-20-35(2)21-27-40)41-28-22-36(3)23-29-41/h4-33H,1-3H3. The van der Waals surface area contributed by atoms with Crippen LogP contribution in [0.25, 0.3) is 65.7 Å². The van der Waals surface area contributed by atoms with E-state index in [1.807, 2.05) is 0 Å². The van der Waals surface area contributed by atoms with Crippen LogP contribution in [0.15, 0.2) is 182 Å². The minimum absolute atomic E-state index is 1.13. The molecule has 9 aromatic carbocycles. The fourth-order valence-corrected chi connectivity index (χ4v) is 7.83. The molecule has 1 heteroatoms. The van der Waals surface area contributed by atoms with Crippen LogP contribution < -0.4 is 4.90 Å². The van der Waals surface area contributed by atoms with Gasteiger partial charge in [-0.1, -0.05) is 156 Å². The average Bonchev–Trinajstić information content (AvgIpc) is 3.20. The molecule has 0 N–H and O–H groups in total. The van der Waals surface area contributed by atoms with Gasteiger partial charge in [-0.2, -0.15) is 0 Å². The van der Waals surface area contributed by atoms with E-state index < -0.39 is 0 Å². The van der Waals surface area contributed by atoms with E-state index in [4.69, 9.17) is 0 Å². The number of fused-ring (bicyclic) bond motifs is 6. The number of aryl methyl sites for hydroxylation is 3. The lowest BCUT2D eigenvalue weighted by atomic mass is 9.81. The van der Waals surface area contributed by atoms with Crippen LogP contribution in [0.5, 0.6) is 0 Å². The monoisotopic (exact) mass is 665 g/mol. The zero-order valence-electron chi connectivity index (χ0n) is 29.8. The Morgan fingerprint density at radius 1 is 0.308 bits per heavy atom. The molecule has 0 heterocycles. The summed E-state index contributed by atoms with van der Waals surface area (Å²) in [5, 5.41) is 7.55. The molecule has 0 aromatic heterocycles. The van der Waals surface area contributed by atoms with Crippen LogP contribution in [0.2, 0.25) is 0 Å². The highest BCUT2D eigenvalue weighted by Gasteiger charge is 2.22. The summed E-state index contributed by atoms with van der Waals surface area (Å²) in [6, 6.07) is 67.1. The van der Waals surface area contributed by atoms with Crippen molar-refractivity contribution in [3.63, 3.8) is 0 Å². The van der Waals surface area contributed by atoms with Crippen LogP contribution in [0.4, 0.5) is 17.1 Å². The summed E-state index contributed by atoms with van der Waals surface area (Å²) in [6.45, 7) is 6.45. The largest absolute Gasteiger partial charge is 0.310 e. The molecular formula is C51H39N. The Balaban J connectivity index is 1.45. The maximum atomic E-state index is 2.44. The second kappa shape index (κ2) is 13.0. The molecule has 0 aliphatic carbocycles. The predicted octanol–water partition coefficient (Wildman–Crippen LogP) is 14.5. The summed E-state index contributed by atoms with van der Waals surface area (Å²) < 4.78 is 0. The normalized spacial score (nSPS) is 11.4. The molecule has 0 bridgehead atoms. The third kappa shape index (κ3) is 5.52. The Morgan fingerprint density at radius 3 is 1.37 bits per heavy atom. The van der Waals surface area contributed by atoms with E-state index in [1.54, 1.807) is 0 Å². The van der Waals surface area contributed by atoms with Gasteiger partial charge in [0.15, 0.2) is 0 Å². The maximum absolute atomic E-state index is 2.44. The third-order valence-corrected chi connectivity index (χ3v) is 10.4. The summed E-state index contributed by atoms with van der Waals surface area (Å²) in [7, 11) is 0. The number of hydrogen-bond donors (Lipinski definition) is 0. The van der Waals surface area contributed by atoms with E-state index in [0.29, 0.717) is 0 Å². The highest BCUT2D eigenvalue weighted by Crippen LogP contribution is 2.50. The molecule has 248 valence electrons. The molecule has 9 aromatic rings. The van der Waals surface area contributed by atoms with Gasteiger partial charge in [0.05, 0.1) is 0 Å². The number of hydrogen-bond acceptors (Lipinski definition) is 1. The first-order chi connectivity index (χ1) is 25.5. The lowest BCUT2D eigenvalue weighted by molar-refractivity contribution is 1.27. The Bertz CT molecular complexity index is 2660. The molecule has 0 spiro atoms. The number of anilines is 3. The van der Waals surface area contributed by atoms with Crippen LogP contribution in [0.1, 0.15) is 16.7 Å². The van der Waals surface area contributed by atoms with E-state index in [0.717, 1.165) is 17.1 Å². The fourth-order valence-electron chi connectivity index (χ4n) is 7.83. The van der Waals surface area contributed by atoms with Crippen molar-refractivity contribution in [2.45, 2.75) is 20.8 Å². The maximum Gasteiger partial charge on any atom is 0.0468 e. The van der Waals surface area contributed by atoms with Crippen LogP contribution in [0.3, 0.4) is 0 Å². The smallest absolute Gasteiger partial charge is 0.0468 e. The van der Waals surface area contributed by atoms with Gasteiger partial charge < -0.3 is 4.90 Å². The highest BCUT2D eigenvalue weighted by molar-refractivity contribution is 6.33. The van der Waals surface area contributed by atoms with Gasteiger partial charge in [0.25, 0.3) is 0 Å². The van der Waals surface area contributed by atoms with Crippen LogP contribution in [-0.2, 0) is 0 Å². The molecule has 52 heavy (non-hydrogen) atoms. The number of rotatable bonds is 6. The van der Waals surface area contributed by atoms with Crippen molar-refractivity contribution in [3.05, 3.63) is 199 Å². The van der Waals surface area contributed by atoms with Crippen molar-refractivity contribution in [1.82, 2.24) is 0 Å². The number of benzene rings is 9. The van der Waals surface area contributed by atoms with Gasteiger partial charge in [0, 0.05) is 17.1 Å². The van der Waals surface area contributed by atoms with E-state index >= 15 is 0 Å². The number of nitrogens with zero attached hydrogens (tertiary/aromatic N) is 1. The van der Waals surface area contributed by atoms with Gasteiger partial charge >= 0.3 is 0 Å². The van der Waals surface area contributed by atoms with Gasteiger partial charge in [0.2, 0.25) is 0 Å². The zero-order valence-corrected chi connectivity index (χ0v) is 29.8. The molecule has 0 unspecified atom stereocenters. The van der Waals surface area contributed by atoms with Crippen LogP contribution in [-0.4, -0.2) is 0 Å². The van der Waals surface area contributed by atoms with Gasteiger partial charge in [-0.25, -0.2) is 0 Å². The van der Waals surface area contributed by atoms with E-state index in [1.165, 1.54) is 82.4 Å². The highest BCUT2D eigenvalue weighted by atomic mass is 15.1. The van der Waals surface area contributed by atoms with Crippen molar-refractivity contribution in [2.24, 2.45) is 0 Å². The SMILES string of the molecule is Cc1ccc(-c2cc(-c3ccccc3)c3c4ccccc4c4cc(N(c5ccc(C)cc5)c5ccc(C)cc5)ccc4c3c2-c2ccccc2)cc1. The lowest BCUT2D eigenvalue weighted by Crippen LogP contribution is -2.10. The average molecular weight is 666 g/mol. The van der Waals surface area contributed by atoms with Gasteiger partial charge in [-0.15, -0.1) is 0 Å². The molecule has 1 nitrogen and oxygen atoms in total. The second-order valence-corrected chi connectivity index (χ2v) is 14.0. The molecule has 0 saturated heterocycles. The van der Waals surface area contributed by atoms with Crippen molar-refractivity contribution in [2.75, 3.05) is 4.90 Å². The Morgan fingerprint density at radius 2 is 0.769 bits per heavy atom. The molecule has 0 fully saturated rings. The molecule has 0 amide bonds. The van der Waals surface area contributed by atoms with E-state index in [2.05, 4.69) is 208 Å². The summed E-state index contributed by atoms with van der Waals surface area (Å²) in [5.74, 6) is 0. The minimum atomic E-state index is 1.13. The molecule has 0 aliphatic rings. The summed E-state index contributed by atoms with van der Waals surface area (Å²) >= 11 is 0. The Labute approximate surface area is 306 Å². The van der Waals surface area contributed by atoms with Gasteiger partial charge in [-0.05, 0) is 129 Å². The Hall–Kier alpha value is -6.44. The second-order valence-electron chi connectivity index (χ2n) is 14.0. The summed E-state index contributed by atoms with van der Waals surface area (Å²) in [5.41, 5.74) is 14.5. The van der Waals surface area contributed by atoms with Crippen molar-refractivity contribution in [3.8, 4) is 33.4 Å². The van der Waals surface area contributed by atoms with Crippen molar-refractivity contribution in [1.29, 1.82) is 0 Å². The van der Waals surface area contributed by atoms with Crippen LogP contribution >= 0.6 is 0 Å². The quantitative estimate of drug-likeness (QED) is 0.160. The molecule has 0 aliphatic heterocycles. The molecule has 0 atom stereocenters. The van der Waals surface area contributed by atoms with Crippen molar-refractivity contribution >= 4 is 49.4 Å². The van der Waals surface area contributed by atoms with Crippen LogP contribution in [0, 0.1) is 20.8 Å². The fraction of sp³-hybridized carbons (Fsp3) is 0.0588. The molecule has 9 rings (SSSR count). The predicted molar refractivity (Wildman–Crippen MR) is 224 cm³/mol. The van der Waals surface area contributed by atoms with Gasteiger partial charge in [0.1, 0.15) is 0 Å². The van der Waals surface area contributed by atoms with E-state index in [9.17, 15) is 0 Å². The summed E-state index contributed by atoms with van der Waals surface area (Å²) in [4.78, 5) is 2.38. The first kappa shape index (κ1) is 31.5. The third-order valence-electron chi connectivity index (χ3n) is 10.4. The lowest BCUT2D eigenvalue weighted by Gasteiger charge is -2.27. The Kier molecular flexibility index (Phi) is 7.90. The van der Waals surface area contributed by atoms with Crippen molar-refractivity contribution < 1.29 is 0 Å². The van der Waals surface area contributed by atoms with E-state index in [-0.39, 0.29) is 0 Å². The summed E-state index contributed by atoms with van der Waals surface area (Å²) in [6.07, 6.45) is 0. The first-order valence-corrected chi connectivity index (χ1v) is 18.1. The molecule has 0 radical (unpaired) electrons.